The minimum absolute atomic E-state index is 0.179. The standard InChI is InChI=1S/C21H25N5/c1-21(2,3)18-22-19(25(4)16-12-8-6-9-13-16)24-20(23-18)26(5)17-14-10-7-11-15-17/h6-15H,1-5H3. The number of nitrogens with zero attached hydrogens (tertiary/aromatic N) is 5. The van der Waals surface area contributed by atoms with Gasteiger partial charge in [-0.15, -0.1) is 0 Å². The first-order valence-electron chi connectivity index (χ1n) is 8.70. The molecule has 134 valence electrons. The second kappa shape index (κ2) is 7.12. The molecular formula is C21H25N5. The Balaban J connectivity index is 2.08. The Morgan fingerprint density at radius 2 is 1.00 bits per heavy atom. The summed E-state index contributed by atoms with van der Waals surface area (Å²) in [5.41, 5.74) is 1.89. The molecule has 0 saturated carbocycles. The van der Waals surface area contributed by atoms with Gasteiger partial charge in [-0.2, -0.15) is 15.0 Å². The van der Waals surface area contributed by atoms with Gasteiger partial charge >= 0.3 is 0 Å². The van der Waals surface area contributed by atoms with Gasteiger partial charge in [-0.25, -0.2) is 0 Å². The average Bonchev–Trinajstić information content (AvgIpc) is 2.67. The van der Waals surface area contributed by atoms with E-state index in [1.54, 1.807) is 0 Å². The van der Waals surface area contributed by atoms with Crippen molar-refractivity contribution >= 4 is 23.3 Å². The van der Waals surface area contributed by atoms with Gasteiger partial charge in [-0.1, -0.05) is 57.2 Å². The van der Waals surface area contributed by atoms with E-state index in [4.69, 9.17) is 15.0 Å². The molecule has 0 atom stereocenters. The molecule has 3 aromatic rings. The van der Waals surface area contributed by atoms with E-state index < -0.39 is 0 Å². The molecule has 1 heterocycles. The smallest absolute Gasteiger partial charge is 0.234 e. The molecule has 0 saturated heterocycles. The molecule has 0 spiro atoms. The molecule has 5 nitrogen and oxygen atoms in total. The molecule has 0 aliphatic carbocycles. The minimum Gasteiger partial charge on any atom is -0.313 e. The van der Waals surface area contributed by atoms with Crippen molar-refractivity contribution in [1.29, 1.82) is 0 Å². The van der Waals surface area contributed by atoms with Gasteiger partial charge < -0.3 is 9.80 Å². The second-order valence-corrected chi connectivity index (χ2v) is 7.30. The van der Waals surface area contributed by atoms with E-state index in [1.165, 1.54) is 0 Å². The quantitative estimate of drug-likeness (QED) is 0.684. The van der Waals surface area contributed by atoms with Crippen LogP contribution in [0.25, 0.3) is 0 Å². The van der Waals surface area contributed by atoms with Crippen LogP contribution in [0.3, 0.4) is 0 Å². The minimum atomic E-state index is -0.179. The van der Waals surface area contributed by atoms with Crippen molar-refractivity contribution in [2.75, 3.05) is 23.9 Å². The Labute approximate surface area is 155 Å². The number of benzene rings is 2. The summed E-state index contributed by atoms with van der Waals surface area (Å²) in [6, 6.07) is 20.2. The van der Waals surface area contributed by atoms with Crippen LogP contribution in [0.5, 0.6) is 0 Å². The van der Waals surface area contributed by atoms with Gasteiger partial charge in [0.2, 0.25) is 11.9 Å². The molecule has 0 fully saturated rings. The molecule has 1 aromatic heterocycles. The van der Waals surface area contributed by atoms with Gasteiger partial charge in [0.15, 0.2) is 0 Å². The van der Waals surface area contributed by atoms with Crippen LogP contribution in [0.15, 0.2) is 60.7 Å². The van der Waals surface area contributed by atoms with E-state index in [2.05, 4.69) is 20.8 Å². The lowest BCUT2D eigenvalue weighted by Gasteiger charge is -2.25. The fourth-order valence-electron chi connectivity index (χ4n) is 2.52. The fraction of sp³-hybridized carbons (Fsp3) is 0.286. The van der Waals surface area contributed by atoms with Gasteiger partial charge in [-0.05, 0) is 24.3 Å². The van der Waals surface area contributed by atoms with Gasteiger partial charge in [-0.3, -0.25) is 0 Å². The summed E-state index contributed by atoms with van der Waals surface area (Å²) >= 11 is 0. The zero-order chi connectivity index (χ0) is 18.7. The fourth-order valence-corrected chi connectivity index (χ4v) is 2.52. The highest BCUT2D eigenvalue weighted by molar-refractivity contribution is 5.60. The van der Waals surface area contributed by atoms with Crippen molar-refractivity contribution in [3.63, 3.8) is 0 Å². The van der Waals surface area contributed by atoms with E-state index in [-0.39, 0.29) is 5.41 Å². The summed E-state index contributed by atoms with van der Waals surface area (Å²) in [6.45, 7) is 6.34. The first kappa shape index (κ1) is 17.9. The highest BCUT2D eigenvalue weighted by Crippen LogP contribution is 2.28. The van der Waals surface area contributed by atoms with Crippen LogP contribution in [0.1, 0.15) is 26.6 Å². The van der Waals surface area contributed by atoms with E-state index in [1.807, 2.05) is 84.6 Å². The Bertz CT molecular complexity index is 793. The molecule has 0 amide bonds. The lowest BCUT2D eigenvalue weighted by molar-refractivity contribution is 0.542. The predicted octanol–water partition coefficient (Wildman–Crippen LogP) is 4.70. The highest BCUT2D eigenvalue weighted by atomic mass is 15.3. The molecule has 0 aliphatic heterocycles. The Kier molecular flexibility index (Phi) is 4.89. The maximum absolute atomic E-state index is 4.73. The molecule has 0 aliphatic rings. The zero-order valence-electron chi connectivity index (χ0n) is 16.0. The third kappa shape index (κ3) is 3.82. The summed E-state index contributed by atoms with van der Waals surface area (Å²) in [5.74, 6) is 2.03. The summed E-state index contributed by atoms with van der Waals surface area (Å²) in [6.07, 6.45) is 0. The number of hydrogen-bond donors (Lipinski definition) is 0. The normalized spacial score (nSPS) is 11.3. The lowest BCUT2D eigenvalue weighted by Crippen LogP contribution is -2.24. The van der Waals surface area contributed by atoms with Gasteiger partial charge in [0.05, 0.1) is 0 Å². The first-order chi connectivity index (χ1) is 12.4. The maximum Gasteiger partial charge on any atom is 0.234 e. The van der Waals surface area contributed by atoms with Crippen LogP contribution in [-0.2, 0) is 5.41 Å². The molecule has 5 heteroatoms. The number of hydrogen-bond acceptors (Lipinski definition) is 5. The van der Waals surface area contributed by atoms with Crippen molar-refractivity contribution in [2.24, 2.45) is 0 Å². The van der Waals surface area contributed by atoms with E-state index in [9.17, 15) is 0 Å². The molecular weight excluding hydrogens is 322 g/mol. The zero-order valence-corrected chi connectivity index (χ0v) is 16.0. The largest absolute Gasteiger partial charge is 0.313 e. The Morgan fingerprint density at radius 3 is 1.35 bits per heavy atom. The SMILES string of the molecule is CN(c1ccccc1)c1nc(N(C)c2ccccc2)nc(C(C)(C)C)n1. The molecule has 3 rings (SSSR count). The van der Waals surface area contributed by atoms with Crippen LogP contribution < -0.4 is 9.80 Å². The predicted molar refractivity (Wildman–Crippen MR) is 108 cm³/mol. The number of aromatic nitrogens is 3. The lowest BCUT2D eigenvalue weighted by atomic mass is 9.96. The monoisotopic (exact) mass is 347 g/mol. The second-order valence-electron chi connectivity index (χ2n) is 7.30. The number of anilines is 4. The highest BCUT2D eigenvalue weighted by Gasteiger charge is 2.23. The summed E-state index contributed by atoms with van der Waals surface area (Å²) < 4.78 is 0. The summed E-state index contributed by atoms with van der Waals surface area (Å²) in [5, 5.41) is 0. The van der Waals surface area contributed by atoms with E-state index in [0.29, 0.717) is 11.9 Å². The van der Waals surface area contributed by atoms with Crippen LogP contribution in [-0.4, -0.2) is 29.0 Å². The molecule has 2 aromatic carbocycles. The molecule has 0 unspecified atom stereocenters. The third-order valence-corrected chi connectivity index (χ3v) is 4.17. The average molecular weight is 347 g/mol. The van der Waals surface area contributed by atoms with Crippen LogP contribution in [0.2, 0.25) is 0 Å². The van der Waals surface area contributed by atoms with Crippen molar-refractivity contribution in [1.82, 2.24) is 15.0 Å². The van der Waals surface area contributed by atoms with Gasteiger partial charge in [0.1, 0.15) is 5.82 Å². The van der Waals surface area contributed by atoms with Crippen LogP contribution in [0, 0.1) is 0 Å². The van der Waals surface area contributed by atoms with E-state index >= 15 is 0 Å². The van der Waals surface area contributed by atoms with Crippen molar-refractivity contribution < 1.29 is 0 Å². The van der Waals surface area contributed by atoms with Gasteiger partial charge in [0.25, 0.3) is 0 Å². The van der Waals surface area contributed by atoms with Crippen molar-refractivity contribution in [3.05, 3.63) is 66.5 Å². The molecule has 0 bridgehead atoms. The van der Waals surface area contributed by atoms with E-state index in [0.717, 1.165) is 17.2 Å². The summed E-state index contributed by atoms with van der Waals surface area (Å²) in [4.78, 5) is 18.2. The molecule has 0 N–H and O–H groups in total. The van der Waals surface area contributed by atoms with Crippen LogP contribution in [0.4, 0.5) is 23.3 Å². The Morgan fingerprint density at radius 1 is 0.615 bits per heavy atom. The third-order valence-electron chi connectivity index (χ3n) is 4.17. The summed E-state index contributed by atoms with van der Waals surface area (Å²) in [7, 11) is 3.95. The Hall–Kier alpha value is -2.95. The van der Waals surface area contributed by atoms with Crippen molar-refractivity contribution in [2.45, 2.75) is 26.2 Å². The number of para-hydroxylation sites is 2. The topological polar surface area (TPSA) is 45.2 Å². The van der Waals surface area contributed by atoms with Crippen LogP contribution >= 0.6 is 0 Å². The number of rotatable bonds is 4. The van der Waals surface area contributed by atoms with Crippen molar-refractivity contribution in [3.8, 4) is 0 Å². The molecule has 0 radical (unpaired) electrons. The molecule has 26 heavy (non-hydrogen) atoms. The first-order valence-corrected chi connectivity index (χ1v) is 8.70. The van der Waals surface area contributed by atoms with Gasteiger partial charge in [0, 0.05) is 30.9 Å². The maximum atomic E-state index is 4.73.